The highest BCUT2D eigenvalue weighted by Crippen LogP contribution is 2.19. The smallest absolute Gasteiger partial charge is 0.119 e. The van der Waals surface area contributed by atoms with Crippen molar-refractivity contribution in [2.75, 3.05) is 76.5 Å². The van der Waals surface area contributed by atoms with E-state index in [2.05, 4.69) is 20.7 Å². The maximum Gasteiger partial charge on any atom is 0.119 e. The first-order valence-corrected chi connectivity index (χ1v) is 11.4. The Morgan fingerprint density at radius 1 is 0.645 bits per heavy atom. The summed E-state index contributed by atoms with van der Waals surface area (Å²) in [5.74, 6) is 1.79. The van der Waals surface area contributed by atoms with Crippen molar-refractivity contribution >= 4 is 11.4 Å². The Balaban J connectivity index is 1.13. The second kappa shape index (κ2) is 11.8. The van der Waals surface area contributed by atoms with E-state index >= 15 is 0 Å². The summed E-state index contributed by atoms with van der Waals surface area (Å²) in [6, 6.07) is 16.0. The Morgan fingerprint density at radius 3 is 1.58 bits per heavy atom. The molecular formula is C24H34N4O3. The molecule has 2 saturated heterocycles. The summed E-state index contributed by atoms with van der Waals surface area (Å²) in [6.07, 6.45) is 2.64. The van der Waals surface area contributed by atoms with E-state index in [9.17, 15) is 0 Å². The van der Waals surface area contributed by atoms with Crippen molar-refractivity contribution in [1.29, 1.82) is 0 Å². The lowest BCUT2D eigenvalue weighted by atomic mass is 10.3. The Morgan fingerprint density at radius 2 is 1.10 bits per heavy atom. The number of morpholine rings is 1. The molecule has 2 aliphatic heterocycles. The van der Waals surface area contributed by atoms with Crippen molar-refractivity contribution in [1.82, 2.24) is 9.80 Å². The van der Waals surface area contributed by atoms with Crippen molar-refractivity contribution in [2.45, 2.75) is 12.8 Å². The summed E-state index contributed by atoms with van der Waals surface area (Å²) in [4.78, 5) is 4.83. The summed E-state index contributed by atoms with van der Waals surface area (Å²) >= 11 is 0. The lowest BCUT2D eigenvalue weighted by Gasteiger charge is -2.26. The number of hydrogen-bond acceptors (Lipinski definition) is 7. The normalized spacial score (nSPS) is 17.4. The van der Waals surface area contributed by atoms with Gasteiger partial charge in [0.15, 0.2) is 0 Å². The van der Waals surface area contributed by atoms with E-state index in [1.54, 1.807) is 0 Å². The van der Waals surface area contributed by atoms with Crippen LogP contribution in [0, 0.1) is 0 Å². The highest BCUT2D eigenvalue weighted by atomic mass is 16.5. The number of benzene rings is 2. The monoisotopic (exact) mass is 426 g/mol. The number of ether oxygens (including phenoxy) is 3. The van der Waals surface area contributed by atoms with Crippen molar-refractivity contribution in [3.8, 4) is 11.5 Å². The second-order valence-corrected chi connectivity index (χ2v) is 8.00. The molecule has 31 heavy (non-hydrogen) atoms. The van der Waals surface area contributed by atoms with E-state index < -0.39 is 0 Å². The minimum atomic E-state index is 0.692. The molecule has 0 bridgehead atoms. The predicted molar refractivity (Wildman–Crippen MR) is 124 cm³/mol. The van der Waals surface area contributed by atoms with Crippen LogP contribution >= 0.6 is 0 Å². The van der Waals surface area contributed by atoms with Crippen LogP contribution in [0.5, 0.6) is 11.5 Å². The molecule has 0 saturated carbocycles. The molecule has 4 rings (SSSR count). The van der Waals surface area contributed by atoms with Crippen molar-refractivity contribution in [2.24, 2.45) is 0 Å². The van der Waals surface area contributed by atoms with Gasteiger partial charge in [0, 0.05) is 26.2 Å². The van der Waals surface area contributed by atoms with Crippen molar-refractivity contribution in [3.63, 3.8) is 0 Å². The molecule has 0 radical (unpaired) electrons. The van der Waals surface area contributed by atoms with E-state index in [1.807, 2.05) is 48.5 Å². The van der Waals surface area contributed by atoms with Gasteiger partial charge in [-0.3, -0.25) is 9.80 Å². The number of likely N-dealkylation sites (tertiary alicyclic amines) is 1. The zero-order valence-electron chi connectivity index (χ0n) is 18.2. The first-order valence-electron chi connectivity index (χ1n) is 11.4. The van der Waals surface area contributed by atoms with Gasteiger partial charge in [0.2, 0.25) is 0 Å². The molecule has 2 aromatic rings. The van der Waals surface area contributed by atoms with Gasteiger partial charge in [-0.15, -0.1) is 0 Å². The van der Waals surface area contributed by atoms with Crippen molar-refractivity contribution in [3.05, 3.63) is 48.5 Å². The standard InChI is InChI=1S/C24H34N4O3/c1-2-12-27(11-1)15-19-30-23-7-3-21(4-8-23)25-26-22-5-9-24(10-6-22)31-20-16-28-13-17-29-18-14-28/h3-10,25-26H,1-2,11-20H2. The van der Waals surface area contributed by atoms with E-state index in [1.165, 1.54) is 25.9 Å². The van der Waals surface area contributed by atoms with Crippen LogP contribution in [0.1, 0.15) is 12.8 Å². The van der Waals surface area contributed by atoms with Gasteiger partial charge in [0.05, 0.1) is 24.6 Å². The zero-order valence-corrected chi connectivity index (χ0v) is 18.2. The summed E-state index contributed by atoms with van der Waals surface area (Å²) in [5.41, 5.74) is 8.40. The number of rotatable bonds is 11. The molecule has 2 fully saturated rings. The topological polar surface area (TPSA) is 58.2 Å². The van der Waals surface area contributed by atoms with Gasteiger partial charge in [-0.1, -0.05) is 0 Å². The first kappa shape index (κ1) is 21.7. The summed E-state index contributed by atoms with van der Waals surface area (Å²) in [6.45, 7) is 9.41. The molecule has 0 aromatic heterocycles. The largest absolute Gasteiger partial charge is 0.492 e. The van der Waals surface area contributed by atoms with Gasteiger partial charge in [0.25, 0.3) is 0 Å². The van der Waals surface area contributed by atoms with Crippen LogP contribution in [-0.2, 0) is 4.74 Å². The van der Waals surface area contributed by atoms with Crippen molar-refractivity contribution < 1.29 is 14.2 Å². The predicted octanol–water partition coefficient (Wildman–Crippen LogP) is 3.31. The molecule has 2 aromatic carbocycles. The number of hydrogen-bond donors (Lipinski definition) is 2. The fourth-order valence-electron chi connectivity index (χ4n) is 3.83. The maximum absolute atomic E-state index is 5.86. The van der Waals surface area contributed by atoms with Gasteiger partial charge in [-0.25, -0.2) is 0 Å². The Labute approximate surface area is 185 Å². The maximum atomic E-state index is 5.86. The molecule has 0 spiro atoms. The SMILES string of the molecule is c1cc(OCCN2CCCC2)ccc1NNc1ccc(OCCN2CCOCC2)cc1. The Bertz CT molecular complexity index is 757. The van der Waals surface area contributed by atoms with Gasteiger partial charge in [0.1, 0.15) is 24.7 Å². The van der Waals surface area contributed by atoms with E-state index in [0.29, 0.717) is 6.61 Å². The fraction of sp³-hybridized carbons (Fsp3) is 0.500. The van der Waals surface area contributed by atoms with Crippen LogP contribution in [0.2, 0.25) is 0 Å². The van der Waals surface area contributed by atoms with Crippen LogP contribution < -0.4 is 20.3 Å². The zero-order chi connectivity index (χ0) is 21.1. The number of anilines is 2. The molecular weight excluding hydrogens is 392 g/mol. The van der Waals surface area contributed by atoms with E-state index in [-0.39, 0.29) is 0 Å². The molecule has 0 amide bonds. The molecule has 2 heterocycles. The van der Waals surface area contributed by atoms with Crippen LogP contribution in [-0.4, -0.2) is 75.5 Å². The fourth-order valence-corrected chi connectivity index (χ4v) is 3.83. The third-order valence-electron chi connectivity index (χ3n) is 5.71. The van der Waals surface area contributed by atoms with Gasteiger partial charge < -0.3 is 25.1 Å². The Kier molecular flexibility index (Phi) is 8.27. The third-order valence-corrected chi connectivity index (χ3v) is 5.71. The quantitative estimate of drug-likeness (QED) is 0.535. The average molecular weight is 427 g/mol. The van der Waals surface area contributed by atoms with Gasteiger partial charge >= 0.3 is 0 Å². The lowest BCUT2D eigenvalue weighted by Crippen LogP contribution is -2.38. The molecule has 2 N–H and O–H groups in total. The highest BCUT2D eigenvalue weighted by molar-refractivity contribution is 5.54. The Hall–Kier alpha value is -2.48. The van der Waals surface area contributed by atoms with Crippen LogP contribution in [0.15, 0.2) is 48.5 Å². The molecule has 7 heteroatoms. The molecule has 2 aliphatic rings. The van der Waals surface area contributed by atoms with Crippen LogP contribution in [0.3, 0.4) is 0 Å². The van der Waals surface area contributed by atoms with Gasteiger partial charge in [-0.05, 0) is 74.5 Å². The summed E-state index contributed by atoms with van der Waals surface area (Å²) in [7, 11) is 0. The number of nitrogens with zero attached hydrogens (tertiary/aromatic N) is 2. The lowest BCUT2D eigenvalue weighted by molar-refractivity contribution is 0.0322. The van der Waals surface area contributed by atoms with Gasteiger partial charge in [-0.2, -0.15) is 0 Å². The molecule has 0 aliphatic carbocycles. The molecule has 168 valence electrons. The number of hydrazine groups is 1. The van der Waals surface area contributed by atoms with Crippen LogP contribution in [0.25, 0.3) is 0 Å². The van der Waals surface area contributed by atoms with E-state index in [0.717, 1.165) is 68.9 Å². The minimum absolute atomic E-state index is 0.692. The highest BCUT2D eigenvalue weighted by Gasteiger charge is 2.11. The van der Waals surface area contributed by atoms with Crippen LogP contribution in [0.4, 0.5) is 11.4 Å². The summed E-state index contributed by atoms with van der Waals surface area (Å²) in [5, 5.41) is 0. The molecule has 7 nitrogen and oxygen atoms in total. The minimum Gasteiger partial charge on any atom is -0.492 e. The van der Waals surface area contributed by atoms with E-state index in [4.69, 9.17) is 14.2 Å². The second-order valence-electron chi connectivity index (χ2n) is 8.00. The summed E-state index contributed by atoms with van der Waals surface area (Å²) < 4.78 is 17.1. The first-order chi connectivity index (χ1) is 15.3. The number of nitrogens with one attached hydrogen (secondary N) is 2. The third kappa shape index (κ3) is 7.31. The molecule has 0 unspecified atom stereocenters. The molecule has 0 atom stereocenters. The average Bonchev–Trinajstić information content (AvgIpc) is 3.34.